The van der Waals surface area contributed by atoms with Gasteiger partial charge in [-0.2, -0.15) is 0 Å². The van der Waals surface area contributed by atoms with E-state index in [9.17, 15) is 9.59 Å². The van der Waals surface area contributed by atoms with Gasteiger partial charge in [0, 0.05) is 5.56 Å². The summed E-state index contributed by atoms with van der Waals surface area (Å²) in [5, 5.41) is 14.9. The first kappa shape index (κ1) is 13.2. The Morgan fingerprint density at radius 3 is 2.59 bits per heavy atom. The van der Waals surface area contributed by atoms with E-state index in [-0.39, 0.29) is 11.6 Å². The maximum absolute atomic E-state index is 11.7. The van der Waals surface area contributed by atoms with Gasteiger partial charge >= 0.3 is 5.97 Å². The molecule has 0 spiro atoms. The molecule has 0 bridgehead atoms. The number of nitrogens with zero attached hydrogens (tertiary/aromatic N) is 1. The van der Waals surface area contributed by atoms with Gasteiger partial charge in [0.1, 0.15) is 12.3 Å². The van der Waals surface area contributed by atoms with Crippen LogP contribution in [0.4, 0.5) is 0 Å². The van der Waals surface area contributed by atoms with Crippen LogP contribution in [0.15, 0.2) is 10.8 Å². The minimum Gasteiger partial charge on any atom is -0.480 e. The van der Waals surface area contributed by atoms with Gasteiger partial charge in [0.2, 0.25) is 0 Å². The molecule has 0 unspecified atom stereocenters. The van der Waals surface area contributed by atoms with Crippen molar-refractivity contribution < 1.29 is 19.2 Å². The molecule has 2 N–H and O–H groups in total. The number of aromatic nitrogens is 1. The van der Waals surface area contributed by atoms with Crippen molar-refractivity contribution in [2.75, 3.05) is 0 Å². The van der Waals surface area contributed by atoms with Gasteiger partial charge in [-0.25, -0.2) is 4.79 Å². The molecule has 6 nitrogen and oxygen atoms in total. The van der Waals surface area contributed by atoms with Crippen molar-refractivity contribution >= 4 is 11.9 Å². The van der Waals surface area contributed by atoms with Crippen LogP contribution in [0.25, 0.3) is 0 Å². The average Bonchev–Trinajstić information content (AvgIpc) is 2.62. The SMILES string of the molecule is Cc1conc1C(=O)N[C@H](CC(C)C)C(=O)O. The number of amides is 1. The first-order chi connectivity index (χ1) is 7.91. The highest BCUT2D eigenvalue weighted by atomic mass is 16.5. The monoisotopic (exact) mass is 240 g/mol. The summed E-state index contributed by atoms with van der Waals surface area (Å²) in [4.78, 5) is 22.7. The summed E-state index contributed by atoms with van der Waals surface area (Å²) < 4.78 is 4.63. The normalized spacial score (nSPS) is 12.5. The van der Waals surface area contributed by atoms with Crippen molar-refractivity contribution in [3.05, 3.63) is 17.5 Å². The molecule has 1 rings (SSSR count). The number of carbonyl (C=O) groups is 2. The van der Waals surface area contributed by atoms with Crippen molar-refractivity contribution in [3.63, 3.8) is 0 Å². The zero-order chi connectivity index (χ0) is 13.0. The minimum atomic E-state index is -1.05. The number of carboxylic acid groups (broad SMARTS) is 1. The van der Waals surface area contributed by atoms with Crippen molar-refractivity contribution in [2.24, 2.45) is 5.92 Å². The van der Waals surface area contributed by atoms with Crippen LogP contribution in [0.3, 0.4) is 0 Å². The highest BCUT2D eigenvalue weighted by Gasteiger charge is 2.23. The number of carbonyl (C=O) groups excluding carboxylic acids is 1. The van der Waals surface area contributed by atoms with Gasteiger partial charge in [-0.05, 0) is 19.3 Å². The van der Waals surface area contributed by atoms with Crippen LogP contribution < -0.4 is 5.32 Å². The van der Waals surface area contributed by atoms with Gasteiger partial charge in [0.05, 0.1) is 0 Å². The van der Waals surface area contributed by atoms with E-state index in [1.807, 2.05) is 13.8 Å². The maximum Gasteiger partial charge on any atom is 0.326 e. The molecule has 17 heavy (non-hydrogen) atoms. The first-order valence-corrected chi connectivity index (χ1v) is 5.36. The number of nitrogens with one attached hydrogen (secondary N) is 1. The van der Waals surface area contributed by atoms with Crippen LogP contribution in [-0.2, 0) is 4.79 Å². The molecule has 0 aliphatic heterocycles. The van der Waals surface area contributed by atoms with Crippen molar-refractivity contribution in [3.8, 4) is 0 Å². The number of hydrogen-bond donors (Lipinski definition) is 2. The van der Waals surface area contributed by atoms with Crippen molar-refractivity contribution in [1.29, 1.82) is 0 Å². The Kier molecular flexibility index (Phi) is 4.25. The van der Waals surface area contributed by atoms with Crippen LogP contribution in [0.2, 0.25) is 0 Å². The van der Waals surface area contributed by atoms with Crippen molar-refractivity contribution in [1.82, 2.24) is 10.5 Å². The van der Waals surface area contributed by atoms with E-state index in [2.05, 4.69) is 15.0 Å². The topological polar surface area (TPSA) is 92.4 Å². The van der Waals surface area contributed by atoms with Gasteiger partial charge in [-0.3, -0.25) is 4.79 Å². The Morgan fingerprint density at radius 2 is 2.18 bits per heavy atom. The molecule has 0 saturated heterocycles. The molecular weight excluding hydrogens is 224 g/mol. The standard InChI is InChI=1S/C11H16N2O4/c1-6(2)4-8(11(15)16)12-10(14)9-7(3)5-17-13-9/h5-6,8H,4H2,1-3H3,(H,12,14)(H,15,16)/t8-/m1/s1. The lowest BCUT2D eigenvalue weighted by Crippen LogP contribution is -2.41. The summed E-state index contributed by atoms with van der Waals surface area (Å²) in [6.45, 7) is 5.45. The Balaban J connectivity index is 2.71. The third-order valence-electron chi connectivity index (χ3n) is 2.27. The van der Waals surface area contributed by atoms with Crippen LogP contribution in [0.5, 0.6) is 0 Å². The van der Waals surface area contributed by atoms with Gasteiger partial charge in [0.15, 0.2) is 5.69 Å². The summed E-state index contributed by atoms with van der Waals surface area (Å²) in [5.74, 6) is -1.40. The Morgan fingerprint density at radius 1 is 1.53 bits per heavy atom. The van der Waals surface area contributed by atoms with E-state index in [1.54, 1.807) is 6.92 Å². The van der Waals surface area contributed by atoms with Gasteiger partial charge in [0.25, 0.3) is 5.91 Å². The molecule has 94 valence electrons. The predicted octanol–water partition coefficient (Wildman–Crippen LogP) is 1.21. The summed E-state index contributed by atoms with van der Waals surface area (Å²) in [7, 11) is 0. The molecule has 1 atom stereocenters. The van der Waals surface area contributed by atoms with E-state index in [4.69, 9.17) is 5.11 Å². The van der Waals surface area contributed by atoms with Gasteiger partial charge in [-0.1, -0.05) is 19.0 Å². The molecular formula is C11H16N2O4. The summed E-state index contributed by atoms with van der Waals surface area (Å²) >= 11 is 0. The summed E-state index contributed by atoms with van der Waals surface area (Å²) in [6, 6.07) is -0.904. The molecule has 1 aromatic heterocycles. The molecule has 6 heteroatoms. The molecule has 0 radical (unpaired) electrons. The molecule has 0 fully saturated rings. The van der Waals surface area contributed by atoms with E-state index in [0.717, 1.165) is 0 Å². The molecule has 0 aromatic carbocycles. The van der Waals surface area contributed by atoms with Crippen LogP contribution >= 0.6 is 0 Å². The number of aryl methyl sites for hydroxylation is 1. The van der Waals surface area contributed by atoms with Crippen LogP contribution in [-0.4, -0.2) is 28.2 Å². The summed E-state index contributed by atoms with van der Waals surface area (Å²) in [5.41, 5.74) is 0.705. The smallest absolute Gasteiger partial charge is 0.326 e. The number of carboxylic acids is 1. The molecule has 1 amide bonds. The fraction of sp³-hybridized carbons (Fsp3) is 0.545. The molecule has 0 aliphatic rings. The average molecular weight is 240 g/mol. The highest BCUT2D eigenvalue weighted by molar-refractivity contribution is 5.95. The van der Waals surface area contributed by atoms with E-state index < -0.39 is 17.9 Å². The van der Waals surface area contributed by atoms with Crippen molar-refractivity contribution in [2.45, 2.75) is 33.2 Å². The second-order valence-corrected chi connectivity index (χ2v) is 4.34. The van der Waals surface area contributed by atoms with Crippen LogP contribution in [0, 0.1) is 12.8 Å². The maximum atomic E-state index is 11.7. The second kappa shape index (κ2) is 5.47. The molecule has 0 saturated carbocycles. The zero-order valence-electron chi connectivity index (χ0n) is 10.1. The third-order valence-corrected chi connectivity index (χ3v) is 2.27. The lowest BCUT2D eigenvalue weighted by atomic mass is 10.0. The Hall–Kier alpha value is -1.85. The van der Waals surface area contributed by atoms with E-state index in [1.165, 1.54) is 6.26 Å². The Labute approximate surface area is 99.0 Å². The van der Waals surface area contributed by atoms with Gasteiger partial charge < -0.3 is 14.9 Å². The zero-order valence-corrected chi connectivity index (χ0v) is 10.1. The van der Waals surface area contributed by atoms with Crippen LogP contribution in [0.1, 0.15) is 36.3 Å². The highest BCUT2D eigenvalue weighted by Crippen LogP contribution is 2.08. The predicted molar refractivity (Wildman–Crippen MR) is 59.6 cm³/mol. The Bertz CT molecular complexity index is 411. The van der Waals surface area contributed by atoms with E-state index >= 15 is 0 Å². The molecule has 1 aromatic rings. The lowest BCUT2D eigenvalue weighted by molar-refractivity contribution is -0.139. The quantitative estimate of drug-likeness (QED) is 0.807. The second-order valence-electron chi connectivity index (χ2n) is 4.34. The minimum absolute atomic E-state index is 0.125. The number of hydrogen-bond acceptors (Lipinski definition) is 4. The fourth-order valence-electron chi connectivity index (χ4n) is 1.43. The van der Waals surface area contributed by atoms with Gasteiger partial charge in [-0.15, -0.1) is 0 Å². The molecule has 0 aliphatic carbocycles. The summed E-state index contributed by atoms with van der Waals surface area (Å²) in [6.07, 6.45) is 1.71. The number of aliphatic carboxylic acids is 1. The molecule has 1 heterocycles. The fourth-order valence-corrected chi connectivity index (χ4v) is 1.43. The van der Waals surface area contributed by atoms with E-state index in [0.29, 0.717) is 12.0 Å². The third kappa shape index (κ3) is 3.58. The lowest BCUT2D eigenvalue weighted by Gasteiger charge is -2.15. The largest absolute Gasteiger partial charge is 0.480 e. The first-order valence-electron chi connectivity index (χ1n) is 5.36. The number of rotatable bonds is 5.